The molecular formula is C20H24N4O2S. The normalized spacial score (nSPS) is 20.1. The second-order valence-corrected chi connectivity index (χ2v) is 8.84. The first kappa shape index (κ1) is 18.1. The SMILES string of the molecule is Cc1cc(-c2cc(C(=O)NC3CCNC(C)C3)c3c(C)noc3n2)c(C)s1. The fourth-order valence-electron chi connectivity index (χ4n) is 3.82. The maximum Gasteiger partial charge on any atom is 0.259 e. The second-order valence-electron chi connectivity index (χ2n) is 7.38. The average Bonchev–Trinajstić information content (AvgIpc) is 3.16. The smallest absolute Gasteiger partial charge is 0.259 e. The number of amides is 1. The van der Waals surface area contributed by atoms with Crippen LogP contribution in [0.15, 0.2) is 16.7 Å². The van der Waals surface area contributed by atoms with Crippen LogP contribution in [0.3, 0.4) is 0 Å². The number of aromatic nitrogens is 2. The van der Waals surface area contributed by atoms with Gasteiger partial charge in [-0.1, -0.05) is 5.16 Å². The topological polar surface area (TPSA) is 80.0 Å². The number of pyridine rings is 1. The third-order valence-corrected chi connectivity index (χ3v) is 6.10. The van der Waals surface area contributed by atoms with Gasteiger partial charge in [0.25, 0.3) is 11.6 Å². The molecule has 3 aromatic heterocycles. The lowest BCUT2D eigenvalue weighted by Gasteiger charge is -2.28. The van der Waals surface area contributed by atoms with Crippen molar-refractivity contribution >= 4 is 28.3 Å². The molecule has 1 saturated heterocycles. The van der Waals surface area contributed by atoms with Crippen molar-refractivity contribution in [2.45, 2.75) is 52.6 Å². The van der Waals surface area contributed by atoms with Gasteiger partial charge in [-0.3, -0.25) is 4.79 Å². The molecule has 7 heteroatoms. The summed E-state index contributed by atoms with van der Waals surface area (Å²) >= 11 is 1.72. The van der Waals surface area contributed by atoms with E-state index in [2.05, 4.69) is 47.6 Å². The fourth-order valence-corrected chi connectivity index (χ4v) is 4.76. The Balaban J connectivity index is 1.75. The summed E-state index contributed by atoms with van der Waals surface area (Å²) in [6, 6.07) is 4.56. The van der Waals surface area contributed by atoms with Crippen molar-refractivity contribution in [1.82, 2.24) is 20.8 Å². The van der Waals surface area contributed by atoms with Gasteiger partial charge in [0.15, 0.2) is 0 Å². The molecule has 3 aromatic rings. The predicted molar refractivity (Wildman–Crippen MR) is 107 cm³/mol. The molecule has 0 radical (unpaired) electrons. The van der Waals surface area contributed by atoms with Crippen molar-refractivity contribution in [3.05, 3.63) is 33.1 Å². The molecule has 4 rings (SSSR count). The van der Waals surface area contributed by atoms with Gasteiger partial charge >= 0.3 is 0 Å². The minimum absolute atomic E-state index is 0.0846. The fraction of sp³-hybridized carbons (Fsp3) is 0.450. The van der Waals surface area contributed by atoms with E-state index in [0.717, 1.165) is 30.6 Å². The summed E-state index contributed by atoms with van der Waals surface area (Å²) in [5.41, 5.74) is 3.48. The van der Waals surface area contributed by atoms with Crippen molar-refractivity contribution in [3.63, 3.8) is 0 Å². The summed E-state index contributed by atoms with van der Waals surface area (Å²) in [4.78, 5) is 20.2. The Kier molecular flexibility index (Phi) is 4.74. The van der Waals surface area contributed by atoms with E-state index in [1.807, 2.05) is 13.0 Å². The molecule has 27 heavy (non-hydrogen) atoms. The first-order valence-corrected chi connectivity index (χ1v) is 10.1. The summed E-state index contributed by atoms with van der Waals surface area (Å²) in [7, 11) is 0. The molecule has 2 atom stereocenters. The Bertz CT molecular complexity index is 1010. The molecule has 1 fully saturated rings. The lowest BCUT2D eigenvalue weighted by Crippen LogP contribution is -2.46. The zero-order chi connectivity index (χ0) is 19.1. The number of hydrogen-bond donors (Lipinski definition) is 2. The highest BCUT2D eigenvalue weighted by atomic mass is 32.1. The number of carbonyl (C=O) groups excluding carboxylic acids is 1. The Hall–Kier alpha value is -2.25. The van der Waals surface area contributed by atoms with Crippen LogP contribution >= 0.6 is 11.3 Å². The molecule has 0 bridgehead atoms. The minimum atomic E-state index is -0.0846. The van der Waals surface area contributed by atoms with Gasteiger partial charge in [-0.05, 0) is 59.2 Å². The number of nitrogens with one attached hydrogen (secondary N) is 2. The number of aryl methyl sites for hydroxylation is 3. The molecule has 4 heterocycles. The van der Waals surface area contributed by atoms with Gasteiger partial charge in [-0.2, -0.15) is 0 Å². The number of piperidine rings is 1. The van der Waals surface area contributed by atoms with Crippen LogP contribution in [0.4, 0.5) is 0 Å². The number of nitrogens with zero attached hydrogens (tertiary/aromatic N) is 2. The lowest BCUT2D eigenvalue weighted by atomic mass is 9.99. The van der Waals surface area contributed by atoms with Crippen LogP contribution in [-0.2, 0) is 0 Å². The van der Waals surface area contributed by atoms with Crippen LogP contribution in [-0.4, -0.2) is 34.7 Å². The second kappa shape index (κ2) is 7.05. The van der Waals surface area contributed by atoms with Crippen LogP contribution in [0.25, 0.3) is 22.4 Å². The number of fused-ring (bicyclic) bond motifs is 1. The van der Waals surface area contributed by atoms with Gasteiger partial charge in [-0.25, -0.2) is 4.98 Å². The maximum absolute atomic E-state index is 13.1. The molecule has 0 spiro atoms. The van der Waals surface area contributed by atoms with E-state index in [-0.39, 0.29) is 11.9 Å². The van der Waals surface area contributed by atoms with Crippen LogP contribution in [0.1, 0.15) is 45.6 Å². The van der Waals surface area contributed by atoms with Crippen molar-refractivity contribution in [2.24, 2.45) is 0 Å². The van der Waals surface area contributed by atoms with Crippen molar-refractivity contribution in [1.29, 1.82) is 0 Å². The molecule has 142 valence electrons. The van der Waals surface area contributed by atoms with Gasteiger partial charge in [0.1, 0.15) is 0 Å². The van der Waals surface area contributed by atoms with Gasteiger partial charge in [0.05, 0.1) is 22.3 Å². The van der Waals surface area contributed by atoms with Crippen LogP contribution in [0, 0.1) is 20.8 Å². The first-order valence-electron chi connectivity index (χ1n) is 9.31. The van der Waals surface area contributed by atoms with Gasteiger partial charge in [0, 0.05) is 27.4 Å². The van der Waals surface area contributed by atoms with Gasteiger partial charge in [0.2, 0.25) is 0 Å². The molecule has 2 unspecified atom stereocenters. The summed E-state index contributed by atoms with van der Waals surface area (Å²) in [5, 5.41) is 11.3. The zero-order valence-corrected chi connectivity index (χ0v) is 16.9. The van der Waals surface area contributed by atoms with Crippen molar-refractivity contribution < 1.29 is 9.32 Å². The highest BCUT2D eigenvalue weighted by Gasteiger charge is 2.24. The van der Waals surface area contributed by atoms with E-state index in [9.17, 15) is 4.79 Å². The molecule has 0 aromatic carbocycles. The Morgan fingerprint density at radius 1 is 1.33 bits per heavy atom. The zero-order valence-electron chi connectivity index (χ0n) is 16.0. The predicted octanol–water partition coefficient (Wildman–Crippen LogP) is 3.75. The van der Waals surface area contributed by atoms with E-state index >= 15 is 0 Å². The Morgan fingerprint density at radius 3 is 2.85 bits per heavy atom. The van der Waals surface area contributed by atoms with E-state index in [1.165, 1.54) is 9.75 Å². The number of hydrogen-bond acceptors (Lipinski definition) is 6. The minimum Gasteiger partial charge on any atom is -0.349 e. The number of thiophene rings is 1. The lowest BCUT2D eigenvalue weighted by molar-refractivity contribution is 0.0927. The maximum atomic E-state index is 13.1. The highest BCUT2D eigenvalue weighted by Crippen LogP contribution is 2.33. The number of rotatable bonds is 3. The standard InChI is InChI=1S/C20H24N4O2S/c1-10-7-14(5-6-21-10)22-19(25)16-9-17(15-8-11(2)27-13(15)4)23-20-18(16)12(3)24-26-20/h8-10,14,21H,5-7H2,1-4H3,(H,22,25). The van der Waals surface area contributed by atoms with Crippen LogP contribution in [0.5, 0.6) is 0 Å². The van der Waals surface area contributed by atoms with Crippen LogP contribution < -0.4 is 10.6 Å². The molecule has 2 N–H and O–H groups in total. The van der Waals surface area contributed by atoms with Gasteiger partial charge in [-0.15, -0.1) is 11.3 Å². The highest BCUT2D eigenvalue weighted by molar-refractivity contribution is 7.12. The van der Waals surface area contributed by atoms with Crippen molar-refractivity contribution in [2.75, 3.05) is 6.54 Å². The van der Waals surface area contributed by atoms with E-state index < -0.39 is 0 Å². The Morgan fingerprint density at radius 2 is 2.15 bits per heavy atom. The molecule has 1 aliphatic heterocycles. The van der Waals surface area contributed by atoms with E-state index in [4.69, 9.17) is 4.52 Å². The summed E-state index contributed by atoms with van der Waals surface area (Å²) < 4.78 is 5.41. The third kappa shape index (κ3) is 3.49. The molecule has 0 saturated carbocycles. The monoisotopic (exact) mass is 384 g/mol. The quantitative estimate of drug-likeness (QED) is 0.719. The van der Waals surface area contributed by atoms with Crippen molar-refractivity contribution in [3.8, 4) is 11.3 Å². The van der Waals surface area contributed by atoms with E-state index in [0.29, 0.717) is 28.4 Å². The summed E-state index contributed by atoms with van der Waals surface area (Å²) in [5.74, 6) is -0.0846. The largest absolute Gasteiger partial charge is 0.349 e. The molecule has 1 aliphatic rings. The van der Waals surface area contributed by atoms with Crippen LogP contribution in [0.2, 0.25) is 0 Å². The first-order chi connectivity index (χ1) is 12.9. The van der Waals surface area contributed by atoms with E-state index in [1.54, 1.807) is 11.3 Å². The third-order valence-electron chi connectivity index (χ3n) is 5.14. The molecule has 1 amide bonds. The average molecular weight is 385 g/mol. The number of carbonyl (C=O) groups is 1. The van der Waals surface area contributed by atoms with Gasteiger partial charge < -0.3 is 15.2 Å². The Labute approximate surface area is 162 Å². The summed E-state index contributed by atoms with van der Waals surface area (Å²) in [6.45, 7) is 9.05. The molecular weight excluding hydrogens is 360 g/mol. The molecule has 0 aliphatic carbocycles. The molecule has 6 nitrogen and oxygen atoms in total. The summed E-state index contributed by atoms with van der Waals surface area (Å²) in [6.07, 6.45) is 1.86.